The van der Waals surface area contributed by atoms with Crippen LogP contribution in [0.25, 0.3) is 0 Å². The van der Waals surface area contributed by atoms with E-state index in [2.05, 4.69) is 31.0 Å². The van der Waals surface area contributed by atoms with Gasteiger partial charge in [0.25, 0.3) is 0 Å². The first kappa shape index (κ1) is 16.3. The summed E-state index contributed by atoms with van der Waals surface area (Å²) in [6.07, 6.45) is 12.8. The first-order valence-corrected chi connectivity index (χ1v) is 9.16. The summed E-state index contributed by atoms with van der Waals surface area (Å²) in [5.74, 6) is 0. The molecular weight excluding hydrogens is 244 g/mol. The average molecular weight is 280 g/mol. The maximum Gasteiger partial charge on any atom is 0.00684 e. The second-order valence-electron chi connectivity index (χ2n) is 7.39. The molecule has 0 bridgehead atoms. The Balaban J connectivity index is 1.98. The van der Waals surface area contributed by atoms with Gasteiger partial charge in [0.2, 0.25) is 0 Å². The first-order valence-electron chi connectivity index (χ1n) is 9.16. The van der Waals surface area contributed by atoms with Crippen molar-refractivity contribution in [1.82, 2.24) is 10.2 Å². The molecule has 0 aromatic carbocycles. The lowest BCUT2D eigenvalue weighted by molar-refractivity contribution is 0.100. The Labute approximate surface area is 126 Å². The Kier molecular flexibility index (Phi) is 6.35. The Morgan fingerprint density at radius 2 is 1.75 bits per heavy atom. The molecule has 0 aromatic rings. The van der Waals surface area contributed by atoms with Crippen molar-refractivity contribution in [3.63, 3.8) is 0 Å². The van der Waals surface area contributed by atoms with Crippen LogP contribution in [-0.4, -0.2) is 36.6 Å². The van der Waals surface area contributed by atoms with Gasteiger partial charge in [-0.15, -0.1) is 0 Å². The van der Waals surface area contributed by atoms with Gasteiger partial charge in [0.15, 0.2) is 0 Å². The molecule has 2 aliphatic carbocycles. The second kappa shape index (κ2) is 7.79. The molecule has 1 N–H and O–H groups in total. The van der Waals surface area contributed by atoms with E-state index < -0.39 is 0 Å². The number of hydrogen-bond acceptors (Lipinski definition) is 2. The number of rotatable bonds is 8. The second-order valence-corrected chi connectivity index (χ2v) is 7.39. The number of nitrogens with zero attached hydrogens (tertiary/aromatic N) is 1. The Hall–Kier alpha value is -0.0800. The summed E-state index contributed by atoms with van der Waals surface area (Å²) in [5, 5.41) is 3.85. The van der Waals surface area contributed by atoms with E-state index in [1.807, 2.05) is 0 Å². The van der Waals surface area contributed by atoms with Crippen molar-refractivity contribution in [3.05, 3.63) is 0 Å². The van der Waals surface area contributed by atoms with Crippen molar-refractivity contribution in [2.24, 2.45) is 5.41 Å². The third-order valence-electron chi connectivity index (χ3n) is 5.67. The highest BCUT2D eigenvalue weighted by Crippen LogP contribution is 2.37. The molecule has 2 nitrogen and oxygen atoms in total. The molecule has 1 atom stereocenters. The molecule has 2 aliphatic rings. The van der Waals surface area contributed by atoms with Crippen LogP contribution in [0.2, 0.25) is 0 Å². The maximum atomic E-state index is 3.85. The maximum absolute atomic E-state index is 3.85. The average Bonchev–Trinajstić information content (AvgIpc) is 3.29. The fraction of sp³-hybridized carbons (Fsp3) is 1.00. The standard InChI is InChI=1S/C18H36N2/c1-4-16(3)20(5-2)15-18(14-19-17-10-11-17)12-8-6-7-9-13-18/h16-17,19H,4-15H2,1-3H3. The number of nitrogens with one attached hydrogen (secondary N) is 1. The monoisotopic (exact) mass is 280 g/mol. The molecule has 0 heterocycles. The van der Waals surface area contributed by atoms with E-state index in [-0.39, 0.29) is 0 Å². The normalized spacial score (nSPS) is 24.6. The summed E-state index contributed by atoms with van der Waals surface area (Å²) in [6, 6.07) is 1.59. The largest absolute Gasteiger partial charge is 0.313 e. The van der Waals surface area contributed by atoms with Gasteiger partial charge < -0.3 is 10.2 Å². The van der Waals surface area contributed by atoms with E-state index in [0.717, 1.165) is 12.1 Å². The smallest absolute Gasteiger partial charge is 0.00684 e. The van der Waals surface area contributed by atoms with Crippen LogP contribution in [0.4, 0.5) is 0 Å². The van der Waals surface area contributed by atoms with E-state index in [0.29, 0.717) is 5.41 Å². The molecule has 1 unspecified atom stereocenters. The van der Waals surface area contributed by atoms with Gasteiger partial charge in [0.1, 0.15) is 0 Å². The molecule has 0 radical (unpaired) electrons. The van der Waals surface area contributed by atoms with Crippen molar-refractivity contribution in [1.29, 1.82) is 0 Å². The fourth-order valence-electron chi connectivity index (χ4n) is 3.79. The van der Waals surface area contributed by atoms with Crippen LogP contribution < -0.4 is 5.32 Å². The molecule has 2 saturated carbocycles. The first-order chi connectivity index (χ1) is 9.69. The highest BCUT2D eigenvalue weighted by Gasteiger charge is 2.35. The molecule has 0 spiro atoms. The van der Waals surface area contributed by atoms with Crippen LogP contribution in [0.5, 0.6) is 0 Å². The molecule has 0 amide bonds. The van der Waals surface area contributed by atoms with Crippen LogP contribution in [-0.2, 0) is 0 Å². The highest BCUT2D eigenvalue weighted by atomic mass is 15.2. The highest BCUT2D eigenvalue weighted by molar-refractivity contribution is 4.91. The Morgan fingerprint density at radius 1 is 1.10 bits per heavy atom. The number of hydrogen-bond donors (Lipinski definition) is 1. The predicted octanol–water partition coefficient (Wildman–Crippen LogP) is 4.20. The van der Waals surface area contributed by atoms with Gasteiger partial charge in [-0.25, -0.2) is 0 Å². The molecule has 2 fully saturated rings. The lowest BCUT2D eigenvalue weighted by atomic mass is 9.79. The van der Waals surface area contributed by atoms with Crippen molar-refractivity contribution >= 4 is 0 Å². The molecule has 118 valence electrons. The summed E-state index contributed by atoms with van der Waals surface area (Å²) in [6.45, 7) is 10.9. The van der Waals surface area contributed by atoms with E-state index in [1.54, 1.807) is 0 Å². The summed E-state index contributed by atoms with van der Waals surface area (Å²) >= 11 is 0. The van der Waals surface area contributed by atoms with Crippen molar-refractivity contribution in [2.45, 2.75) is 90.6 Å². The van der Waals surface area contributed by atoms with E-state index >= 15 is 0 Å². The van der Waals surface area contributed by atoms with Gasteiger partial charge in [-0.2, -0.15) is 0 Å². The van der Waals surface area contributed by atoms with Crippen LogP contribution in [0.15, 0.2) is 0 Å². The lowest BCUT2D eigenvalue weighted by Gasteiger charge is -2.40. The van der Waals surface area contributed by atoms with E-state index in [9.17, 15) is 0 Å². The Bertz CT molecular complexity index is 265. The zero-order valence-corrected chi connectivity index (χ0v) is 14.1. The minimum atomic E-state index is 0.554. The summed E-state index contributed by atoms with van der Waals surface area (Å²) in [4.78, 5) is 2.74. The van der Waals surface area contributed by atoms with Gasteiger partial charge in [-0.1, -0.05) is 39.5 Å². The summed E-state index contributed by atoms with van der Waals surface area (Å²) < 4.78 is 0. The van der Waals surface area contributed by atoms with Crippen LogP contribution in [0.1, 0.15) is 78.6 Å². The third kappa shape index (κ3) is 4.73. The van der Waals surface area contributed by atoms with Crippen LogP contribution in [0, 0.1) is 5.41 Å². The van der Waals surface area contributed by atoms with E-state index in [4.69, 9.17) is 0 Å². The molecular formula is C18H36N2. The van der Waals surface area contributed by atoms with Crippen molar-refractivity contribution < 1.29 is 0 Å². The van der Waals surface area contributed by atoms with Gasteiger partial charge in [-0.3, -0.25) is 0 Å². The molecule has 20 heavy (non-hydrogen) atoms. The Morgan fingerprint density at radius 3 is 2.25 bits per heavy atom. The fourth-order valence-corrected chi connectivity index (χ4v) is 3.79. The third-order valence-corrected chi connectivity index (χ3v) is 5.67. The zero-order chi connectivity index (χ0) is 14.4. The quantitative estimate of drug-likeness (QED) is 0.670. The molecule has 2 heteroatoms. The van der Waals surface area contributed by atoms with E-state index in [1.165, 1.54) is 77.4 Å². The topological polar surface area (TPSA) is 15.3 Å². The van der Waals surface area contributed by atoms with Gasteiger partial charge in [0.05, 0.1) is 0 Å². The van der Waals surface area contributed by atoms with Gasteiger partial charge in [-0.05, 0) is 51.0 Å². The molecule has 2 rings (SSSR count). The van der Waals surface area contributed by atoms with Crippen molar-refractivity contribution in [2.75, 3.05) is 19.6 Å². The zero-order valence-electron chi connectivity index (χ0n) is 14.1. The SMILES string of the molecule is CCC(C)N(CC)CC1(CNC2CC2)CCCCCC1. The minimum Gasteiger partial charge on any atom is -0.313 e. The summed E-state index contributed by atoms with van der Waals surface area (Å²) in [5.41, 5.74) is 0.554. The van der Waals surface area contributed by atoms with Gasteiger partial charge >= 0.3 is 0 Å². The van der Waals surface area contributed by atoms with Crippen LogP contribution in [0.3, 0.4) is 0 Å². The molecule has 0 aromatic heterocycles. The summed E-state index contributed by atoms with van der Waals surface area (Å²) in [7, 11) is 0. The molecule has 0 aliphatic heterocycles. The lowest BCUT2D eigenvalue weighted by Crippen LogP contribution is -2.47. The van der Waals surface area contributed by atoms with Gasteiger partial charge in [0, 0.05) is 25.2 Å². The van der Waals surface area contributed by atoms with Crippen LogP contribution >= 0.6 is 0 Å². The predicted molar refractivity (Wildman–Crippen MR) is 88.2 cm³/mol. The molecule has 0 saturated heterocycles. The van der Waals surface area contributed by atoms with Crippen molar-refractivity contribution in [3.8, 4) is 0 Å². The minimum absolute atomic E-state index is 0.554.